The van der Waals surface area contributed by atoms with Crippen LogP contribution >= 0.6 is 0 Å². The highest BCUT2D eigenvalue weighted by Crippen LogP contribution is 2.30. The summed E-state index contributed by atoms with van der Waals surface area (Å²) in [5.74, 6) is 2.85. The first-order valence-electron chi connectivity index (χ1n) is 8.08. The maximum absolute atomic E-state index is 10.2. The number of hydrogen-bond donors (Lipinski definition) is 3. The molecular formula is C20H15N5O2. The van der Waals surface area contributed by atoms with Gasteiger partial charge in [-0.1, -0.05) is 5.92 Å². The lowest BCUT2D eigenvalue weighted by Gasteiger charge is -2.09. The molecule has 2 heterocycles. The number of aryl methyl sites for hydroxylation is 1. The Labute approximate surface area is 155 Å². The van der Waals surface area contributed by atoms with E-state index in [0.717, 1.165) is 11.1 Å². The number of phenolic OH excluding ortho intramolecular Hbond substituents is 2. The van der Waals surface area contributed by atoms with Gasteiger partial charge in [0.15, 0.2) is 0 Å². The van der Waals surface area contributed by atoms with Gasteiger partial charge in [-0.2, -0.15) is 5.10 Å². The Morgan fingerprint density at radius 1 is 1.07 bits per heavy atom. The standard InChI is InChI=1S/C20H15N5O2/c1-3-12-4-14-9-21-20(24-19(14)18(27)5-12)23-16-6-13(7-17(26)8-16)15-10-22-25(2)11-15/h1,4-11,26-27H,2H3,(H,21,23,24). The molecule has 0 radical (unpaired) electrons. The van der Waals surface area contributed by atoms with Gasteiger partial charge in [0, 0.05) is 47.7 Å². The quantitative estimate of drug-likeness (QED) is 0.488. The molecule has 0 aliphatic heterocycles. The highest BCUT2D eigenvalue weighted by Gasteiger charge is 2.09. The van der Waals surface area contributed by atoms with Crippen LogP contribution in [-0.2, 0) is 7.05 Å². The van der Waals surface area contributed by atoms with Crippen LogP contribution in [0.25, 0.3) is 22.0 Å². The molecule has 7 heteroatoms. The lowest BCUT2D eigenvalue weighted by Crippen LogP contribution is -1.98. The number of benzene rings is 2. The molecule has 132 valence electrons. The maximum atomic E-state index is 10.2. The first-order valence-corrected chi connectivity index (χ1v) is 8.08. The summed E-state index contributed by atoms with van der Waals surface area (Å²) in [5, 5.41) is 28.0. The summed E-state index contributed by atoms with van der Waals surface area (Å²) in [4.78, 5) is 8.60. The van der Waals surface area contributed by atoms with Crippen LogP contribution in [0, 0.1) is 12.3 Å². The smallest absolute Gasteiger partial charge is 0.227 e. The minimum absolute atomic E-state index is 0.0159. The fourth-order valence-electron chi connectivity index (χ4n) is 2.82. The summed E-state index contributed by atoms with van der Waals surface area (Å²) in [6, 6.07) is 8.28. The highest BCUT2D eigenvalue weighted by atomic mass is 16.3. The number of terminal acetylenes is 1. The molecule has 0 bridgehead atoms. The summed E-state index contributed by atoms with van der Waals surface area (Å²) in [5.41, 5.74) is 3.22. The van der Waals surface area contributed by atoms with E-state index in [-0.39, 0.29) is 17.4 Å². The monoisotopic (exact) mass is 357 g/mol. The number of aromatic nitrogens is 4. The second-order valence-corrected chi connectivity index (χ2v) is 6.07. The Kier molecular flexibility index (Phi) is 3.86. The molecule has 0 aliphatic carbocycles. The number of anilines is 2. The van der Waals surface area contributed by atoms with Gasteiger partial charge in [-0.3, -0.25) is 4.68 Å². The fourth-order valence-corrected chi connectivity index (χ4v) is 2.82. The van der Waals surface area contributed by atoms with Crippen molar-refractivity contribution in [3.63, 3.8) is 0 Å². The van der Waals surface area contributed by atoms with Crippen LogP contribution < -0.4 is 5.32 Å². The van der Waals surface area contributed by atoms with Crippen LogP contribution in [0.4, 0.5) is 11.6 Å². The van der Waals surface area contributed by atoms with Crippen molar-refractivity contribution < 1.29 is 10.2 Å². The minimum Gasteiger partial charge on any atom is -0.508 e. The number of aromatic hydroxyl groups is 2. The Balaban J connectivity index is 1.71. The molecule has 0 atom stereocenters. The van der Waals surface area contributed by atoms with E-state index in [0.29, 0.717) is 22.2 Å². The molecule has 3 N–H and O–H groups in total. The van der Waals surface area contributed by atoms with E-state index < -0.39 is 0 Å². The van der Waals surface area contributed by atoms with E-state index in [1.54, 1.807) is 35.3 Å². The van der Waals surface area contributed by atoms with Gasteiger partial charge in [0.25, 0.3) is 0 Å². The second-order valence-electron chi connectivity index (χ2n) is 6.07. The van der Waals surface area contributed by atoms with E-state index in [2.05, 4.69) is 26.3 Å². The van der Waals surface area contributed by atoms with Crippen LogP contribution in [0.15, 0.2) is 48.9 Å². The molecule has 0 saturated heterocycles. The van der Waals surface area contributed by atoms with Crippen molar-refractivity contribution in [2.75, 3.05) is 5.32 Å². The molecule has 27 heavy (non-hydrogen) atoms. The highest BCUT2D eigenvalue weighted by molar-refractivity contribution is 5.86. The predicted octanol–water partition coefficient (Wildman–Crippen LogP) is 3.17. The van der Waals surface area contributed by atoms with E-state index >= 15 is 0 Å². The Hall–Kier alpha value is -4.05. The van der Waals surface area contributed by atoms with Gasteiger partial charge < -0.3 is 15.5 Å². The van der Waals surface area contributed by atoms with Crippen molar-refractivity contribution in [3.05, 3.63) is 54.5 Å². The summed E-state index contributed by atoms with van der Waals surface area (Å²) >= 11 is 0. The van der Waals surface area contributed by atoms with Crippen molar-refractivity contribution in [1.82, 2.24) is 19.7 Å². The largest absolute Gasteiger partial charge is 0.508 e. The molecular weight excluding hydrogens is 342 g/mol. The molecule has 4 rings (SSSR count). The number of rotatable bonds is 3. The van der Waals surface area contributed by atoms with Gasteiger partial charge in [0.2, 0.25) is 5.95 Å². The molecule has 7 nitrogen and oxygen atoms in total. The molecule has 0 unspecified atom stereocenters. The molecule has 0 aliphatic rings. The van der Waals surface area contributed by atoms with Gasteiger partial charge in [-0.05, 0) is 29.8 Å². The third kappa shape index (κ3) is 3.24. The first kappa shape index (κ1) is 16.4. The molecule has 2 aromatic heterocycles. The molecule has 2 aromatic carbocycles. The summed E-state index contributed by atoms with van der Waals surface area (Å²) in [6.07, 6.45) is 10.5. The third-order valence-corrected chi connectivity index (χ3v) is 4.04. The first-order chi connectivity index (χ1) is 13.0. The fraction of sp³-hybridized carbons (Fsp3) is 0.0500. The lowest BCUT2D eigenvalue weighted by molar-refractivity contribution is 0.476. The van der Waals surface area contributed by atoms with Crippen LogP contribution in [0.3, 0.4) is 0 Å². The number of nitrogens with zero attached hydrogens (tertiary/aromatic N) is 4. The van der Waals surface area contributed by atoms with Gasteiger partial charge >= 0.3 is 0 Å². The summed E-state index contributed by atoms with van der Waals surface area (Å²) < 4.78 is 1.69. The SMILES string of the molecule is C#Cc1cc(O)c2nc(Nc3cc(O)cc(-c4cnn(C)c4)c3)ncc2c1. The Bertz CT molecular complexity index is 1210. The van der Waals surface area contributed by atoms with Gasteiger partial charge in [-0.15, -0.1) is 6.42 Å². The average molecular weight is 357 g/mol. The van der Waals surface area contributed by atoms with E-state index in [4.69, 9.17) is 6.42 Å². The second kappa shape index (κ2) is 6.35. The van der Waals surface area contributed by atoms with Crippen molar-refractivity contribution in [1.29, 1.82) is 0 Å². The van der Waals surface area contributed by atoms with Crippen molar-refractivity contribution >= 4 is 22.5 Å². The van der Waals surface area contributed by atoms with Crippen molar-refractivity contribution in [2.24, 2.45) is 7.05 Å². The van der Waals surface area contributed by atoms with Gasteiger partial charge in [-0.25, -0.2) is 9.97 Å². The number of hydrogen-bond acceptors (Lipinski definition) is 6. The topological polar surface area (TPSA) is 96.1 Å². The van der Waals surface area contributed by atoms with Crippen molar-refractivity contribution in [2.45, 2.75) is 0 Å². The molecule has 4 aromatic rings. The normalized spacial score (nSPS) is 10.7. The molecule has 0 saturated carbocycles. The van der Waals surface area contributed by atoms with Crippen LogP contribution in [0.2, 0.25) is 0 Å². The van der Waals surface area contributed by atoms with Crippen LogP contribution in [0.1, 0.15) is 5.56 Å². The Morgan fingerprint density at radius 3 is 2.67 bits per heavy atom. The van der Waals surface area contributed by atoms with E-state index in [1.165, 1.54) is 6.07 Å². The maximum Gasteiger partial charge on any atom is 0.227 e. The molecule has 0 amide bonds. The van der Waals surface area contributed by atoms with Crippen molar-refractivity contribution in [3.8, 4) is 35.0 Å². The van der Waals surface area contributed by atoms with Crippen LogP contribution in [0.5, 0.6) is 11.5 Å². The minimum atomic E-state index is -0.0159. The lowest BCUT2D eigenvalue weighted by atomic mass is 10.1. The number of phenols is 2. The molecule has 0 spiro atoms. The predicted molar refractivity (Wildman–Crippen MR) is 103 cm³/mol. The summed E-state index contributed by atoms with van der Waals surface area (Å²) in [7, 11) is 1.83. The zero-order valence-electron chi connectivity index (χ0n) is 14.4. The summed E-state index contributed by atoms with van der Waals surface area (Å²) in [6.45, 7) is 0. The van der Waals surface area contributed by atoms with Gasteiger partial charge in [0.05, 0.1) is 6.20 Å². The van der Waals surface area contributed by atoms with Gasteiger partial charge in [0.1, 0.15) is 17.0 Å². The van der Waals surface area contributed by atoms with E-state index in [1.807, 2.05) is 19.3 Å². The molecule has 0 fully saturated rings. The third-order valence-electron chi connectivity index (χ3n) is 4.04. The average Bonchev–Trinajstić information content (AvgIpc) is 3.08. The number of fused-ring (bicyclic) bond motifs is 1. The zero-order valence-corrected chi connectivity index (χ0v) is 14.4. The zero-order chi connectivity index (χ0) is 19.0. The van der Waals surface area contributed by atoms with E-state index in [9.17, 15) is 10.2 Å². The number of nitrogens with one attached hydrogen (secondary N) is 1. The van der Waals surface area contributed by atoms with Crippen LogP contribution in [-0.4, -0.2) is 30.0 Å². The Morgan fingerprint density at radius 2 is 1.93 bits per heavy atom.